The van der Waals surface area contributed by atoms with E-state index in [1.165, 1.54) is 87.7 Å². The first kappa shape index (κ1) is 46.2. The molecule has 0 amide bonds. The Bertz CT molecular complexity index is 2970. The molecule has 0 unspecified atom stereocenters. The highest BCUT2D eigenvalue weighted by atomic mass is 15.1. The van der Waals surface area contributed by atoms with E-state index in [0.29, 0.717) is 0 Å². The molecule has 10 aromatic rings. The van der Waals surface area contributed by atoms with Crippen molar-refractivity contribution in [3.05, 3.63) is 300 Å². The summed E-state index contributed by atoms with van der Waals surface area (Å²) in [5, 5.41) is 0. The molecular formula is C70H62N2. The zero-order chi connectivity index (χ0) is 48.4. The van der Waals surface area contributed by atoms with Gasteiger partial charge in [0.15, 0.2) is 0 Å². The first-order valence-corrected chi connectivity index (χ1v) is 26.0. The third-order valence-corrected chi connectivity index (χ3v) is 15.0. The molecule has 352 valence electrons. The fraction of sp³-hybridized carbons (Fsp3) is 0.143. The van der Waals surface area contributed by atoms with Crippen LogP contribution in [0, 0.1) is 0 Å². The average Bonchev–Trinajstić information content (AvgIpc) is 3.46. The molecule has 0 heterocycles. The summed E-state index contributed by atoms with van der Waals surface area (Å²) in [7, 11) is 0. The van der Waals surface area contributed by atoms with Crippen molar-refractivity contribution in [2.75, 3.05) is 9.80 Å². The second-order valence-electron chi connectivity index (χ2n) is 19.5. The van der Waals surface area contributed by atoms with Gasteiger partial charge in [-0.05, 0) is 167 Å². The number of para-hydroxylation sites is 4. The lowest BCUT2D eigenvalue weighted by Crippen LogP contribution is -2.30. The number of hydrogen-bond acceptors (Lipinski definition) is 2. The highest BCUT2D eigenvalue weighted by molar-refractivity contribution is 5.80. The normalized spacial score (nSPS) is 13.1. The van der Waals surface area contributed by atoms with Gasteiger partial charge in [-0.2, -0.15) is 0 Å². The quantitative estimate of drug-likeness (QED) is 0.0953. The van der Waals surface area contributed by atoms with Crippen LogP contribution in [0.3, 0.4) is 0 Å². The van der Waals surface area contributed by atoms with E-state index in [9.17, 15) is 0 Å². The van der Waals surface area contributed by atoms with Crippen molar-refractivity contribution in [2.24, 2.45) is 0 Å². The van der Waals surface area contributed by atoms with Crippen molar-refractivity contribution in [1.82, 2.24) is 0 Å². The molecular weight excluding hydrogens is 869 g/mol. The largest absolute Gasteiger partial charge is 0.311 e. The molecule has 0 bridgehead atoms. The van der Waals surface area contributed by atoms with Gasteiger partial charge in [0, 0.05) is 39.5 Å². The summed E-state index contributed by atoms with van der Waals surface area (Å²) in [5.74, 6) is 0. The number of anilines is 6. The molecule has 0 N–H and O–H groups in total. The molecule has 0 aliphatic heterocycles. The molecule has 11 rings (SSSR count). The van der Waals surface area contributed by atoms with Crippen molar-refractivity contribution in [3.8, 4) is 22.3 Å². The van der Waals surface area contributed by atoms with Crippen LogP contribution in [-0.2, 0) is 31.1 Å². The average molecular weight is 931 g/mol. The van der Waals surface area contributed by atoms with E-state index in [4.69, 9.17) is 0 Å². The maximum absolute atomic E-state index is 2.54. The fourth-order valence-electron chi connectivity index (χ4n) is 11.1. The lowest BCUT2D eigenvalue weighted by atomic mass is 9.65. The predicted octanol–water partition coefficient (Wildman–Crippen LogP) is 18.8. The molecule has 72 heavy (non-hydrogen) atoms. The summed E-state index contributed by atoms with van der Waals surface area (Å²) in [6.07, 6.45) is 10.4. The molecule has 2 heteroatoms. The molecule has 10 aromatic carbocycles. The van der Waals surface area contributed by atoms with Gasteiger partial charge >= 0.3 is 0 Å². The van der Waals surface area contributed by atoms with E-state index in [-0.39, 0.29) is 5.41 Å². The van der Waals surface area contributed by atoms with Crippen LogP contribution >= 0.6 is 0 Å². The van der Waals surface area contributed by atoms with E-state index in [1.807, 2.05) is 0 Å². The van der Waals surface area contributed by atoms with Gasteiger partial charge in [-0.1, -0.05) is 213 Å². The van der Waals surface area contributed by atoms with E-state index in [2.05, 4.69) is 277 Å². The molecule has 0 aromatic heterocycles. The van der Waals surface area contributed by atoms with Crippen LogP contribution in [0.15, 0.2) is 267 Å². The Morgan fingerprint density at radius 3 is 0.875 bits per heavy atom. The molecule has 0 saturated heterocycles. The van der Waals surface area contributed by atoms with Gasteiger partial charge in [-0.25, -0.2) is 0 Å². The Labute approximate surface area is 427 Å². The zero-order valence-electron chi connectivity index (χ0n) is 41.2. The third kappa shape index (κ3) is 10.5. The summed E-state index contributed by atoms with van der Waals surface area (Å²) >= 11 is 0. The summed E-state index contributed by atoms with van der Waals surface area (Å²) in [5.41, 5.74) is 20.4. The Morgan fingerprint density at radius 2 is 0.542 bits per heavy atom. The summed E-state index contributed by atoms with van der Waals surface area (Å²) in [6, 6.07) is 98.0. The van der Waals surface area contributed by atoms with Crippen LogP contribution in [0.5, 0.6) is 0 Å². The second-order valence-corrected chi connectivity index (χ2v) is 19.5. The van der Waals surface area contributed by atoms with E-state index < -0.39 is 0 Å². The van der Waals surface area contributed by atoms with Crippen LogP contribution in [0.2, 0.25) is 0 Å². The minimum Gasteiger partial charge on any atom is -0.311 e. The summed E-state index contributed by atoms with van der Waals surface area (Å²) < 4.78 is 0. The second kappa shape index (κ2) is 21.8. The van der Waals surface area contributed by atoms with Gasteiger partial charge in [0.2, 0.25) is 0 Å². The summed E-state index contributed by atoms with van der Waals surface area (Å²) in [6.45, 7) is 0. The van der Waals surface area contributed by atoms with Crippen molar-refractivity contribution >= 4 is 34.1 Å². The first-order chi connectivity index (χ1) is 35.6. The number of rotatable bonds is 16. The molecule has 1 saturated carbocycles. The van der Waals surface area contributed by atoms with Gasteiger partial charge in [0.25, 0.3) is 0 Å². The highest BCUT2D eigenvalue weighted by Crippen LogP contribution is 2.46. The van der Waals surface area contributed by atoms with Gasteiger partial charge in [-0.15, -0.1) is 0 Å². The van der Waals surface area contributed by atoms with Crippen LogP contribution in [0.4, 0.5) is 34.1 Å². The van der Waals surface area contributed by atoms with Crippen molar-refractivity contribution in [3.63, 3.8) is 0 Å². The lowest BCUT2D eigenvalue weighted by molar-refractivity contribution is 0.345. The topological polar surface area (TPSA) is 6.48 Å². The molecule has 1 aliphatic carbocycles. The smallest absolute Gasteiger partial charge is 0.0462 e. The Balaban J connectivity index is 0.734. The molecule has 2 nitrogen and oxygen atoms in total. The molecule has 1 fully saturated rings. The van der Waals surface area contributed by atoms with Gasteiger partial charge < -0.3 is 9.80 Å². The standard InChI is InChI=1S/C70H62N2/c1-6-22-64(23-7-1)71(65-24-8-2-9-25-65)68-46-42-60(43-47-68)58-38-34-54(35-39-58)30-32-56-18-16-20-62(52-56)70(50-14-5-15-51-70)63-21-17-19-57(53-63)33-31-55-36-40-59(41-37-55)61-44-48-69(49-45-61)72(66-26-10-3-11-27-66)67-28-12-4-13-29-67/h1-4,6-13,16-29,34-49,52-53H,5,14-15,30-33,50-51H2. The first-order valence-electron chi connectivity index (χ1n) is 26.0. The van der Waals surface area contributed by atoms with E-state index in [1.54, 1.807) is 0 Å². The summed E-state index contributed by atoms with van der Waals surface area (Å²) in [4.78, 5) is 4.62. The number of hydrogen-bond donors (Lipinski definition) is 0. The predicted molar refractivity (Wildman–Crippen MR) is 305 cm³/mol. The SMILES string of the molecule is c1ccc(N(c2ccccc2)c2ccc(-c3ccc(CCc4cccc(C5(c6cccc(CCc7ccc(-c8ccc(N(c9ccccc9)c9ccccc9)cc8)cc7)c6)CCCCC5)c4)cc3)cc2)cc1. The molecule has 0 atom stereocenters. The number of nitrogens with zero attached hydrogens (tertiary/aromatic N) is 2. The third-order valence-electron chi connectivity index (χ3n) is 15.0. The minimum atomic E-state index is 0.0527. The van der Waals surface area contributed by atoms with Gasteiger partial charge in [-0.3, -0.25) is 0 Å². The number of benzene rings is 10. The Hall–Kier alpha value is -8.20. The zero-order valence-corrected chi connectivity index (χ0v) is 41.2. The van der Waals surface area contributed by atoms with Crippen molar-refractivity contribution < 1.29 is 0 Å². The fourth-order valence-corrected chi connectivity index (χ4v) is 11.1. The van der Waals surface area contributed by atoms with Gasteiger partial charge in [0.1, 0.15) is 0 Å². The monoisotopic (exact) mass is 930 g/mol. The highest BCUT2D eigenvalue weighted by Gasteiger charge is 2.36. The minimum absolute atomic E-state index is 0.0527. The van der Waals surface area contributed by atoms with Crippen molar-refractivity contribution in [1.29, 1.82) is 0 Å². The van der Waals surface area contributed by atoms with Gasteiger partial charge in [0.05, 0.1) is 0 Å². The maximum atomic E-state index is 2.54. The molecule has 0 radical (unpaired) electrons. The molecule has 0 spiro atoms. The molecule has 1 aliphatic rings. The Kier molecular flexibility index (Phi) is 14.0. The van der Waals surface area contributed by atoms with Crippen LogP contribution in [0.25, 0.3) is 22.3 Å². The maximum Gasteiger partial charge on any atom is 0.0462 e. The Morgan fingerprint density at radius 1 is 0.250 bits per heavy atom. The van der Waals surface area contributed by atoms with Crippen LogP contribution < -0.4 is 9.80 Å². The lowest BCUT2D eigenvalue weighted by Gasteiger charge is -2.39. The van der Waals surface area contributed by atoms with E-state index in [0.717, 1.165) is 59.8 Å². The van der Waals surface area contributed by atoms with Crippen LogP contribution in [-0.4, -0.2) is 0 Å². The number of aryl methyl sites for hydroxylation is 4. The van der Waals surface area contributed by atoms with Crippen LogP contribution in [0.1, 0.15) is 65.5 Å². The van der Waals surface area contributed by atoms with Crippen molar-refractivity contribution in [2.45, 2.75) is 63.2 Å². The van der Waals surface area contributed by atoms with E-state index >= 15 is 0 Å².